The fourth-order valence-electron chi connectivity index (χ4n) is 4.79. The molecule has 2 heteroatoms. The van der Waals surface area contributed by atoms with Gasteiger partial charge in [-0.15, -0.1) is 6.58 Å². The summed E-state index contributed by atoms with van der Waals surface area (Å²) in [6, 6.07) is 21.0. The molecule has 4 rings (SSSR count). The molecule has 0 spiro atoms. The molecule has 0 nitrogen and oxygen atoms in total. The second-order valence-corrected chi connectivity index (χ2v) is 9.45. The third-order valence-electron chi connectivity index (χ3n) is 7.01. The predicted molar refractivity (Wildman–Crippen MR) is 144 cm³/mol. The fourth-order valence-corrected chi connectivity index (χ4v) is 4.79. The van der Waals surface area contributed by atoms with Crippen LogP contribution in [0.2, 0.25) is 0 Å². The Morgan fingerprint density at radius 2 is 1.51 bits per heavy atom. The van der Waals surface area contributed by atoms with Crippen LogP contribution in [-0.4, -0.2) is 0 Å². The van der Waals surface area contributed by atoms with E-state index < -0.39 is 11.6 Å². The summed E-state index contributed by atoms with van der Waals surface area (Å²) in [6.07, 6.45) is 15.3. The van der Waals surface area contributed by atoms with Crippen molar-refractivity contribution in [2.45, 2.75) is 57.8 Å². The van der Waals surface area contributed by atoms with Crippen LogP contribution in [0.15, 0.2) is 91.5 Å². The second kappa shape index (κ2) is 11.9. The zero-order chi connectivity index (χ0) is 24.6. The van der Waals surface area contributed by atoms with Crippen molar-refractivity contribution in [2.24, 2.45) is 0 Å². The zero-order valence-electron chi connectivity index (χ0n) is 20.6. The molecule has 0 fully saturated rings. The monoisotopic (exact) mass is 468 g/mol. The summed E-state index contributed by atoms with van der Waals surface area (Å²) in [5, 5.41) is 0. The number of hydrogen-bond donors (Lipinski definition) is 0. The quantitative estimate of drug-likeness (QED) is 0.216. The average Bonchev–Trinajstić information content (AvgIpc) is 2.90. The Kier molecular flexibility index (Phi) is 8.47. The van der Waals surface area contributed by atoms with Gasteiger partial charge in [-0.2, -0.15) is 0 Å². The van der Waals surface area contributed by atoms with E-state index in [2.05, 4.69) is 73.3 Å². The minimum Gasteiger partial charge on any atom is -0.203 e. The van der Waals surface area contributed by atoms with Crippen LogP contribution in [0.4, 0.5) is 8.78 Å². The first-order chi connectivity index (χ1) is 17.1. The highest BCUT2D eigenvalue weighted by molar-refractivity contribution is 5.68. The van der Waals surface area contributed by atoms with Crippen LogP contribution in [0.1, 0.15) is 66.7 Å². The van der Waals surface area contributed by atoms with E-state index in [0.29, 0.717) is 17.0 Å². The summed E-state index contributed by atoms with van der Waals surface area (Å²) in [4.78, 5) is 0. The normalized spacial score (nSPS) is 15.9. The highest BCUT2D eigenvalue weighted by atomic mass is 19.2. The molecule has 3 aromatic rings. The van der Waals surface area contributed by atoms with Crippen LogP contribution < -0.4 is 0 Å². The number of allylic oxidation sites excluding steroid dienone is 5. The molecule has 1 unspecified atom stereocenters. The van der Waals surface area contributed by atoms with E-state index in [-0.39, 0.29) is 0 Å². The highest BCUT2D eigenvalue weighted by Crippen LogP contribution is 2.37. The third-order valence-corrected chi connectivity index (χ3v) is 7.01. The van der Waals surface area contributed by atoms with Gasteiger partial charge in [-0.05, 0) is 91.2 Å². The summed E-state index contributed by atoms with van der Waals surface area (Å²) in [6.45, 7) is 5.34. The maximum absolute atomic E-state index is 14.4. The van der Waals surface area contributed by atoms with E-state index in [0.717, 1.165) is 50.5 Å². The lowest BCUT2D eigenvalue weighted by molar-refractivity contribution is 0.499. The number of benzene rings is 3. The van der Waals surface area contributed by atoms with Gasteiger partial charge in [0.05, 0.1) is 0 Å². The molecule has 180 valence electrons. The van der Waals surface area contributed by atoms with E-state index in [4.69, 9.17) is 0 Å². The Labute approximate surface area is 208 Å². The summed E-state index contributed by atoms with van der Waals surface area (Å²) in [5.74, 6) is -1.04. The van der Waals surface area contributed by atoms with Crippen LogP contribution in [0.25, 0.3) is 16.7 Å². The minimum absolute atomic E-state index is 0.349. The Hall–Kier alpha value is -3.26. The van der Waals surface area contributed by atoms with Crippen molar-refractivity contribution >= 4 is 5.57 Å². The van der Waals surface area contributed by atoms with Gasteiger partial charge in [-0.25, -0.2) is 8.78 Å². The maximum atomic E-state index is 14.4. The highest BCUT2D eigenvalue weighted by Gasteiger charge is 2.20. The Bertz CT molecular complexity index is 1200. The Balaban J connectivity index is 1.35. The molecular weight excluding hydrogens is 434 g/mol. The molecule has 0 amide bonds. The third kappa shape index (κ3) is 6.25. The molecule has 0 bridgehead atoms. The number of halogens is 2. The minimum atomic E-state index is -0.731. The summed E-state index contributed by atoms with van der Waals surface area (Å²) < 4.78 is 28.4. The van der Waals surface area contributed by atoms with Crippen molar-refractivity contribution < 1.29 is 8.78 Å². The van der Waals surface area contributed by atoms with Crippen molar-refractivity contribution in [3.05, 3.63) is 125 Å². The topological polar surface area (TPSA) is 0 Å². The molecule has 0 radical (unpaired) electrons. The summed E-state index contributed by atoms with van der Waals surface area (Å²) in [7, 11) is 0. The number of unbranched alkanes of at least 4 members (excludes halogenated alkanes) is 1. The van der Waals surface area contributed by atoms with Crippen LogP contribution >= 0.6 is 0 Å². The van der Waals surface area contributed by atoms with Crippen LogP contribution in [0.5, 0.6) is 0 Å². The van der Waals surface area contributed by atoms with E-state index in [1.54, 1.807) is 19.1 Å². The molecule has 35 heavy (non-hydrogen) atoms. The zero-order valence-corrected chi connectivity index (χ0v) is 20.6. The summed E-state index contributed by atoms with van der Waals surface area (Å²) >= 11 is 0. The number of rotatable bonds is 9. The first kappa shape index (κ1) is 24.9. The van der Waals surface area contributed by atoms with Crippen LogP contribution in [0, 0.1) is 18.6 Å². The molecule has 1 atom stereocenters. The lowest BCUT2D eigenvalue weighted by atomic mass is 9.82. The predicted octanol–water partition coefficient (Wildman–Crippen LogP) is 9.75. The van der Waals surface area contributed by atoms with Crippen LogP contribution in [-0.2, 0) is 6.42 Å². The van der Waals surface area contributed by atoms with Crippen LogP contribution in [0.3, 0.4) is 0 Å². The molecular formula is C33H34F2. The van der Waals surface area contributed by atoms with Crippen molar-refractivity contribution in [1.82, 2.24) is 0 Å². The van der Waals surface area contributed by atoms with E-state index in [1.807, 2.05) is 6.08 Å². The van der Waals surface area contributed by atoms with E-state index >= 15 is 0 Å². The first-order valence-electron chi connectivity index (χ1n) is 12.7. The molecule has 0 saturated heterocycles. The largest absolute Gasteiger partial charge is 0.203 e. The van der Waals surface area contributed by atoms with Crippen molar-refractivity contribution in [2.75, 3.05) is 0 Å². The molecule has 3 aromatic carbocycles. The number of hydrogen-bond acceptors (Lipinski definition) is 0. The lowest BCUT2D eigenvalue weighted by Crippen LogP contribution is -2.06. The van der Waals surface area contributed by atoms with Gasteiger partial charge in [0, 0.05) is 5.56 Å². The van der Waals surface area contributed by atoms with Gasteiger partial charge in [0.1, 0.15) is 0 Å². The van der Waals surface area contributed by atoms with E-state index in [9.17, 15) is 8.78 Å². The number of aryl methyl sites for hydroxylation is 2. The van der Waals surface area contributed by atoms with Gasteiger partial charge >= 0.3 is 0 Å². The van der Waals surface area contributed by atoms with Gasteiger partial charge in [0.15, 0.2) is 11.6 Å². The smallest absolute Gasteiger partial charge is 0.166 e. The van der Waals surface area contributed by atoms with Gasteiger partial charge in [0.25, 0.3) is 0 Å². The molecule has 1 aliphatic carbocycles. The Morgan fingerprint density at radius 1 is 0.829 bits per heavy atom. The molecule has 0 saturated carbocycles. The fraction of sp³-hybridized carbons (Fsp3) is 0.273. The van der Waals surface area contributed by atoms with Gasteiger partial charge in [0.2, 0.25) is 0 Å². The van der Waals surface area contributed by atoms with Crippen molar-refractivity contribution in [1.29, 1.82) is 0 Å². The van der Waals surface area contributed by atoms with Gasteiger partial charge in [-0.1, -0.05) is 85.0 Å². The summed E-state index contributed by atoms with van der Waals surface area (Å²) in [5.41, 5.74) is 6.78. The van der Waals surface area contributed by atoms with Crippen molar-refractivity contribution in [3.63, 3.8) is 0 Å². The Morgan fingerprint density at radius 3 is 2.17 bits per heavy atom. The SMILES string of the molecule is C=CCCC=CCCc1ccc(-c2ccc(C3CC=C(c4ccc(C)c(F)c4F)CC3)cc2)cc1. The molecule has 1 aliphatic rings. The van der Waals surface area contributed by atoms with Gasteiger partial charge < -0.3 is 0 Å². The van der Waals surface area contributed by atoms with E-state index in [1.165, 1.54) is 22.3 Å². The lowest BCUT2D eigenvalue weighted by Gasteiger charge is -2.23. The first-order valence-corrected chi connectivity index (χ1v) is 12.7. The average molecular weight is 469 g/mol. The molecule has 0 aliphatic heterocycles. The van der Waals surface area contributed by atoms with Gasteiger partial charge in [-0.3, -0.25) is 0 Å². The standard InChI is InChI=1S/C33H34F2/c1-3-4-5-6-7-8-9-25-11-13-26(14-12-25)27-15-17-28(18-16-27)29-19-21-30(22-20-29)31-23-10-24(2)32(34)33(31)35/h3,6-7,10-18,21,23,29H,1,4-5,8-9,19-20,22H2,2H3. The second-order valence-electron chi connectivity index (χ2n) is 9.45. The van der Waals surface area contributed by atoms with Crippen molar-refractivity contribution in [3.8, 4) is 11.1 Å². The molecule has 0 heterocycles. The maximum Gasteiger partial charge on any atom is 0.166 e. The molecule has 0 N–H and O–H groups in total. The molecule has 0 aromatic heterocycles.